The minimum atomic E-state index is -0.586. The van der Waals surface area contributed by atoms with E-state index >= 15 is 0 Å². The molecule has 0 bridgehead atoms. The van der Waals surface area contributed by atoms with Crippen LogP contribution in [0.25, 0.3) is 0 Å². The van der Waals surface area contributed by atoms with Gasteiger partial charge in [0.1, 0.15) is 5.82 Å². The Morgan fingerprint density at radius 1 is 1.59 bits per heavy atom. The lowest BCUT2D eigenvalue weighted by Crippen LogP contribution is -2.21. The van der Waals surface area contributed by atoms with Crippen molar-refractivity contribution < 1.29 is 14.1 Å². The zero-order valence-electron chi connectivity index (χ0n) is 9.77. The second kappa shape index (κ2) is 6.15. The van der Waals surface area contributed by atoms with Gasteiger partial charge in [-0.25, -0.2) is 4.39 Å². The fraction of sp³-hybridized carbons (Fsp3) is 0.455. The minimum Gasteiger partial charge on any atom is -0.486 e. The predicted octanol–water partition coefficient (Wildman–Crippen LogP) is 1.97. The normalized spacial score (nSPS) is 12.2. The Morgan fingerprint density at radius 2 is 2.29 bits per heavy atom. The van der Waals surface area contributed by atoms with E-state index in [1.165, 1.54) is 0 Å². The van der Waals surface area contributed by atoms with E-state index in [-0.39, 0.29) is 17.4 Å². The van der Waals surface area contributed by atoms with Crippen molar-refractivity contribution in [2.45, 2.75) is 6.92 Å². The van der Waals surface area contributed by atoms with E-state index in [1.807, 2.05) is 6.92 Å². The molecule has 0 saturated heterocycles. The van der Waals surface area contributed by atoms with Gasteiger partial charge in [-0.15, -0.1) is 0 Å². The van der Waals surface area contributed by atoms with Crippen LogP contribution < -0.4 is 10.1 Å². The van der Waals surface area contributed by atoms with Crippen molar-refractivity contribution in [2.24, 2.45) is 5.92 Å². The molecule has 0 saturated carbocycles. The number of nitrogens with zero attached hydrogens (tertiary/aromatic N) is 1. The van der Waals surface area contributed by atoms with Gasteiger partial charge in [0.15, 0.2) is 5.75 Å². The third kappa shape index (κ3) is 3.99. The van der Waals surface area contributed by atoms with Crippen LogP contribution in [0, 0.1) is 21.8 Å². The van der Waals surface area contributed by atoms with Crippen LogP contribution in [-0.4, -0.2) is 25.1 Å². The van der Waals surface area contributed by atoms with Gasteiger partial charge in [-0.3, -0.25) is 10.1 Å². The number of benzene rings is 1. The summed E-state index contributed by atoms with van der Waals surface area (Å²) in [5.41, 5.74) is -0.219. The number of halogens is 1. The van der Waals surface area contributed by atoms with Crippen molar-refractivity contribution in [3.63, 3.8) is 0 Å². The second-order valence-electron chi connectivity index (χ2n) is 3.84. The largest absolute Gasteiger partial charge is 0.486 e. The minimum absolute atomic E-state index is 0.0297. The van der Waals surface area contributed by atoms with Crippen LogP contribution in [0.3, 0.4) is 0 Å². The molecule has 1 atom stereocenters. The molecule has 1 aromatic rings. The molecule has 5 nitrogen and oxygen atoms in total. The molecule has 0 aliphatic rings. The molecule has 1 aromatic carbocycles. The molecule has 0 radical (unpaired) electrons. The highest BCUT2D eigenvalue weighted by atomic mass is 19.1. The number of nitrogens with one attached hydrogen (secondary N) is 1. The monoisotopic (exact) mass is 242 g/mol. The van der Waals surface area contributed by atoms with Crippen LogP contribution in [0.2, 0.25) is 0 Å². The lowest BCUT2D eigenvalue weighted by Gasteiger charge is -2.12. The Labute approximate surface area is 98.7 Å². The number of hydrogen-bond donors (Lipinski definition) is 1. The Hall–Kier alpha value is -1.69. The fourth-order valence-electron chi connectivity index (χ4n) is 1.39. The smallest absolute Gasteiger partial charge is 0.311 e. The van der Waals surface area contributed by atoms with Gasteiger partial charge in [0, 0.05) is 24.6 Å². The van der Waals surface area contributed by atoms with Gasteiger partial charge in [0.25, 0.3) is 0 Å². The molecule has 0 fully saturated rings. The molecule has 0 spiro atoms. The maximum absolute atomic E-state index is 13.0. The first-order valence-electron chi connectivity index (χ1n) is 5.26. The average molecular weight is 242 g/mol. The molecule has 17 heavy (non-hydrogen) atoms. The van der Waals surface area contributed by atoms with Crippen LogP contribution in [0.15, 0.2) is 18.2 Å². The van der Waals surface area contributed by atoms with Gasteiger partial charge in [-0.2, -0.15) is 0 Å². The highest BCUT2D eigenvalue weighted by molar-refractivity contribution is 5.46. The highest BCUT2D eigenvalue weighted by Gasteiger charge is 2.16. The summed E-state index contributed by atoms with van der Waals surface area (Å²) in [5, 5.41) is 13.7. The van der Waals surface area contributed by atoms with E-state index in [1.54, 1.807) is 7.05 Å². The summed E-state index contributed by atoms with van der Waals surface area (Å²) in [5.74, 6) is -0.396. The van der Waals surface area contributed by atoms with Crippen molar-refractivity contribution in [3.8, 4) is 5.75 Å². The third-order valence-electron chi connectivity index (χ3n) is 2.19. The van der Waals surface area contributed by atoms with E-state index in [0.29, 0.717) is 6.61 Å². The first-order valence-corrected chi connectivity index (χ1v) is 5.26. The van der Waals surface area contributed by atoms with E-state index in [2.05, 4.69) is 5.32 Å². The molecular weight excluding hydrogens is 227 g/mol. The van der Waals surface area contributed by atoms with Crippen LogP contribution >= 0.6 is 0 Å². The van der Waals surface area contributed by atoms with Crippen molar-refractivity contribution in [2.75, 3.05) is 20.2 Å². The average Bonchev–Trinajstić information content (AvgIpc) is 2.26. The highest BCUT2D eigenvalue weighted by Crippen LogP contribution is 2.27. The summed E-state index contributed by atoms with van der Waals surface area (Å²) in [7, 11) is 1.81. The zero-order valence-corrected chi connectivity index (χ0v) is 9.77. The molecule has 1 rings (SSSR count). The van der Waals surface area contributed by atoms with Crippen LogP contribution in [0.4, 0.5) is 10.1 Å². The van der Waals surface area contributed by atoms with E-state index in [4.69, 9.17) is 4.74 Å². The quantitative estimate of drug-likeness (QED) is 0.612. The Morgan fingerprint density at radius 3 is 2.88 bits per heavy atom. The fourth-order valence-corrected chi connectivity index (χ4v) is 1.39. The van der Waals surface area contributed by atoms with Crippen LogP contribution in [0.5, 0.6) is 5.75 Å². The van der Waals surface area contributed by atoms with Gasteiger partial charge >= 0.3 is 5.69 Å². The zero-order chi connectivity index (χ0) is 12.8. The maximum atomic E-state index is 13.0. The molecule has 0 heterocycles. The van der Waals surface area contributed by atoms with E-state index in [0.717, 1.165) is 24.7 Å². The molecule has 0 aliphatic carbocycles. The number of nitro benzene ring substituents is 1. The van der Waals surface area contributed by atoms with Gasteiger partial charge in [0.05, 0.1) is 11.5 Å². The molecule has 1 unspecified atom stereocenters. The van der Waals surface area contributed by atoms with E-state index < -0.39 is 10.7 Å². The van der Waals surface area contributed by atoms with Crippen molar-refractivity contribution >= 4 is 5.69 Å². The lowest BCUT2D eigenvalue weighted by atomic mass is 10.2. The Bertz CT molecular complexity index is 398. The van der Waals surface area contributed by atoms with Gasteiger partial charge < -0.3 is 10.1 Å². The summed E-state index contributed by atoms with van der Waals surface area (Å²) >= 11 is 0. The number of ether oxygens (including phenoxy) is 1. The molecule has 0 aliphatic heterocycles. The maximum Gasteiger partial charge on any atom is 0.311 e. The standard InChI is InChI=1S/C11H15FN2O3/c1-8(6-13-2)7-17-11-5-9(12)3-4-10(11)14(15)16/h3-5,8,13H,6-7H2,1-2H3. The van der Waals surface area contributed by atoms with Crippen molar-refractivity contribution in [1.29, 1.82) is 0 Å². The SMILES string of the molecule is CNCC(C)COc1cc(F)ccc1[N+](=O)[O-]. The molecule has 0 amide bonds. The molecule has 6 heteroatoms. The lowest BCUT2D eigenvalue weighted by molar-refractivity contribution is -0.386. The Balaban J connectivity index is 2.75. The molecular formula is C11H15FN2O3. The summed E-state index contributed by atoms with van der Waals surface area (Å²) in [6.45, 7) is 2.95. The van der Waals surface area contributed by atoms with Crippen LogP contribution in [-0.2, 0) is 0 Å². The first-order chi connectivity index (χ1) is 8.04. The molecule has 1 N–H and O–H groups in total. The predicted molar refractivity (Wildman–Crippen MR) is 61.6 cm³/mol. The summed E-state index contributed by atoms with van der Waals surface area (Å²) < 4.78 is 18.2. The third-order valence-corrected chi connectivity index (χ3v) is 2.19. The van der Waals surface area contributed by atoms with Gasteiger partial charge in [0.2, 0.25) is 0 Å². The van der Waals surface area contributed by atoms with Gasteiger partial charge in [-0.1, -0.05) is 6.92 Å². The number of nitro groups is 1. The van der Waals surface area contributed by atoms with E-state index in [9.17, 15) is 14.5 Å². The summed E-state index contributed by atoms with van der Waals surface area (Å²) in [6, 6.07) is 3.18. The summed E-state index contributed by atoms with van der Waals surface area (Å²) in [4.78, 5) is 10.1. The second-order valence-corrected chi connectivity index (χ2v) is 3.84. The number of rotatable bonds is 6. The van der Waals surface area contributed by atoms with Crippen molar-refractivity contribution in [1.82, 2.24) is 5.32 Å². The van der Waals surface area contributed by atoms with Gasteiger partial charge in [-0.05, 0) is 13.1 Å². The molecule has 94 valence electrons. The molecule has 0 aromatic heterocycles. The Kier molecular flexibility index (Phi) is 4.84. The van der Waals surface area contributed by atoms with Crippen LogP contribution in [0.1, 0.15) is 6.92 Å². The topological polar surface area (TPSA) is 64.4 Å². The number of hydrogen-bond acceptors (Lipinski definition) is 4. The summed E-state index contributed by atoms with van der Waals surface area (Å²) in [6.07, 6.45) is 0. The first kappa shape index (κ1) is 13.4. The van der Waals surface area contributed by atoms with Crippen molar-refractivity contribution in [3.05, 3.63) is 34.1 Å².